The first-order chi connectivity index (χ1) is 15.0. The lowest BCUT2D eigenvalue weighted by Gasteiger charge is -2.13. The van der Waals surface area contributed by atoms with Crippen molar-refractivity contribution >= 4 is 56.7 Å². The first kappa shape index (κ1) is 21.0. The van der Waals surface area contributed by atoms with Crippen LogP contribution in [0.25, 0.3) is 16.8 Å². The van der Waals surface area contributed by atoms with Crippen LogP contribution in [-0.4, -0.2) is 26.6 Å². The third-order valence-corrected chi connectivity index (χ3v) is 6.29. The van der Waals surface area contributed by atoms with E-state index in [2.05, 4.69) is 0 Å². The summed E-state index contributed by atoms with van der Waals surface area (Å²) >= 11 is 6.60. The number of rotatable bonds is 6. The summed E-state index contributed by atoms with van der Waals surface area (Å²) < 4.78 is 6.60. The monoisotopic (exact) mass is 450 g/mol. The third kappa shape index (κ3) is 4.30. The van der Waals surface area contributed by atoms with Crippen molar-refractivity contribution in [1.29, 1.82) is 0 Å². The number of nitrogens with zero attached hydrogens (tertiary/aromatic N) is 2. The van der Waals surface area contributed by atoms with Crippen LogP contribution in [0.1, 0.15) is 18.1 Å². The molecule has 1 fully saturated rings. The van der Waals surface area contributed by atoms with Crippen molar-refractivity contribution in [2.24, 2.45) is 0 Å². The number of likely N-dealkylation sites (N-methyl/N-ethyl adjacent to an activating group) is 1. The highest BCUT2D eigenvalue weighted by atomic mass is 32.2. The molecule has 1 amide bonds. The topological polar surface area (TPSA) is 72.7 Å². The number of carbonyl (C=O) groups is 1. The highest BCUT2D eigenvalue weighted by Crippen LogP contribution is 2.37. The summed E-state index contributed by atoms with van der Waals surface area (Å²) in [5.74, 6) is 0.474. The number of amides is 1. The lowest BCUT2D eigenvalue weighted by molar-refractivity contribution is -0.384. The highest BCUT2D eigenvalue weighted by Gasteiger charge is 2.31. The second kappa shape index (κ2) is 8.87. The van der Waals surface area contributed by atoms with E-state index in [1.807, 2.05) is 49.4 Å². The van der Waals surface area contributed by atoms with E-state index >= 15 is 0 Å². The zero-order chi connectivity index (χ0) is 22.0. The van der Waals surface area contributed by atoms with E-state index in [9.17, 15) is 14.9 Å². The van der Waals surface area contributed by atoms with Crippen molar-refractivity contribution < 1.29 is 14.5 Å². The number of carbonyl (C=O) groups excluding carboxylic acids is 1. The Labute approximate surface area is 188 Å². The molecule has 0 spiro atoms. The number of thioether (sulfide) groups is 1. The summed E-state index contributed by atoms with van der Waals surface area (Å²) in [5, 5.41) is 13.0. The first-order valence-electron chi connectivity index (χ1n) is 9.61. The molecule has 0 N–H and O–H groups in total. The standard InChI is InChI=1S/C23H18N2O4S2/c1-2-24-22(26)21(31-23(24)30)13-19-18-9-4-3-7-16(18)10-11-20(19)29-14-15-6-5-8-17(12-15)25(27)28/h3-13H,2,14H2,1H3/b21-13-. The number of ether oxygens (including phenoxy) is 1. The average molecular weight is 451 g/mol. The van der Waals surface area contributed by atoms with E-state index in [4.69, 9.17) is 17.0 Å². The molecular weight excluding hydrogens is 432 g/mol. The van der Waals surface area contributed by atoms with Crippen LogP contribution in [-0.2, 0) is 11.4 Å². The van der Waals surface area contributed by atoms with Crippen molar-refractivity contribution in [3.63, 3.8) is 0 Å². The van der Waals surface area contributed by atoms with Gasteiger partial charge in [0, 0.05) is 24.2 Å². The number of hydrogen-bond donors (Lipinski definition) is 0. The smallest absolute Gasteiger partial charge is 0.269 e. The second-order valence-electron chi connectivity index (χ2n) is 6.84. The fourth-order valence-corrected chi connectivity index (χ4v) is 4.74. The molecule has 0 unspecified atom stereocenters. The van der Waals surface area contributed by atoms with Gasteiger partial charge in [0.05, 0.1) is 9.83 Å². The van der Waals surface area contributed by atoms with E-state index in [0.717, 1.165) is 16.3 Å². The van der Waals surface area contributed by atoms with Crippen molar-refractivity contribution in [1.82, 2.24) is 4.90 Å². The number of non-ortho nitro benzene ring substituents is 1. The van der Waals surface area contributed by atoms with Crippen LogP contribution in [0.5, 0.6) is 5.75 Å². The summed E-state index contributed by atoms with van der Waals surface area (Å²) in [5.41, 5.74) is 1.48. The molecule has 0 aliphatic carbocycles. The number of nitro groups is 1. The largest absolute Gasteiger partial charge is 0.488 e. The molecule has 1 aliphatic rings. The van der Waals surface area contributed by atoms with Crippen LogP contribution < -0.4 is 4.74 Å². The SMILES string of the molecule is CCN1C(=O)/C(=C/c2c(OCc3cccc([N+](=O)[O-])c3)ccc3ccccc23)SC1=S. The molecule has 0 radical (unpaired) electrons. The molecule has 4 rings (SSSR count). The molecular formula is C23H18N2O4S2. The Kier molecular flexibility index (Phi) is 6.01. The molecule has 3 aromatic rings. The summed E-state index contributed by atoms with van der Waals surface area (Å²) in [4.78, 5) is 25.4. The van der Waals surface area contributed by atoms with Crippen LogP contribution >= 0.6 is 24.0 Å². The molecule has 1 saturated heterocycles. The van der Waals surface area contributed by atoms with Crippen LogP contribution in [0.2, 0.25) is 0 Å². The van der Waals surface area contributed by atoms with Gasteiger partial charge in [-0.15, -0.1) is 0 Å². The molecule has 0 aromatic heterocycles. The van der Waals surface area contributed by atoms with Gasteiger partial charge in [0.2, 0.25) is 0 Å². The molecule has 1 heterocycles. The van der Waals surface area contributed by atoms with Crippen molar-refractivity contribution in [2.75, 3.05) is 6.54 Å². The maximum Gasteiger partial charge on any atom is 0.269 e. The van der Waals surface area contributed by atoms with Crippen LogP contribution in [0.3, 0.4) is 0 Å². The predicted octanol–water partition coefficient (Wildman–Crippen LogP) is 5.55. The Bertz CT molecular complexity index is 1240. The van der Waals surface area contributed by atoms with Crippen molar-refractivity contribution in [2.45, 2.75) is 13.5 Å². The van der Waals surface area contributed by atoms with Crippen molar-refractivity contribution in [3.05, 3.63) is 86.8 Å². The number of nitro benzene ring substituents is 1. The number of benzene rings is 3. The molecule has 8 heteroatoms. The zero-order valence-electron chi connectivity index (χ0n) is 16.6. The highest BCUT2D eigenvalue weighted by molar-refractivity contribution is 8.26. The van der Waals surface area contributed by atoms with Crippen molar-refractivity contribution in [3.8, 4) is 5.75 Å². The predicted molar refractivity (Wildman–Crippen MR) is 127 cm³/mol. The Hall–Kier alpha value is -3.23. The van der Waals surface area contributed by atoms with Gasteiger partial charge in [0.15, 0.2) is 0 Å². The van der Waals surface area contributed by atoms with E-state index in [0.29, 0.717) is 27.1 Å². The molecule has 0 saturated carbocycles. The fraction of sp³-hybridized carbons (Fsp3) is 0.130. The Morgan fingerprint density at radius 1 is 1.16 bits per heavy atom. The molecule has 6 nitrogen and oxygen atoms in total. The van der Waals surface area contributed by atoms with Crippen LogP contribution in [0, 0.1) is 10.1 Å². The minimum absolute atomic E-state index is 0.0167. The summed E-state index contributed by atoms with van der Waals surface area (Å²) in [6.45, 7) is 2.57. The summed E-state index contributed by atoms with van der Waals surface area (Å²) in [7, 11) is 0. The third-order valence-electron chi connectivity index (χ3n) is 4.91. The van der Waals surface area contributed by atoms with Gasteiger partial charge in [0.25, 0.3) is 11.6 Å². The minimum atomic E-state index is -0.430. The van der Waals surface area contributed by atoms with Crippen LogP contribution in [0.4, 0.5) is 5.69 Å². The van der Waals surface area contributed by atoms with Gasteiger partial charge in [0.1, 0.15) is 16.7 Å². The average Bonchev–Trinajstić information content (AvgIpc) is 3.05. The molecule has 31 heavy (non-hydrogen) atoms. The van der Waals surface area contributed by atoms with E-state index in [1.165, 1.54) is 23.9 Å². The van der Waals surface area contributed by atoms with Gasteiger partial charge in [-0.2, -0.15) is 0 Å². The van der Waals surface area contributed by atoms with Gasteiger partial charge in [-0.1, -0.05) is 66.4 Å². The fourth-order valence-electron chi connectivity index (χ4n) is 3.37. The van der Waals surface area contributed by atoms with Gasteiger partial charge >= 0.3 is 0 Å². The number of thiocarbonyl (C=S) groups is 1. The Morgan fingerprint density at radius 2 is 1.97 bits per heavy atom. The van der Waals surface area contributed by atoms with Gasteiger partial charge in [-0.05, 0) is 35.4 Å². The van der Waals surface area contributed by atoms with Gasteiger partial charge in [-0.3, -0.25) is 19.8 Å². The minimum Gasteiger partial charge on any atom is -0.488 e. The molecule has 0 atom stereocenters. The maximum atomic E-state index is 12.7. The van der Waals surface area contributed by atoms with Crippen LogP contribution in [0.15, 0.2) is 65.6 Å². The quantitative estimate of drug-likeness (QED) is 0.212. The Morgan fingerprint density at radius 3 is 2.71 bits per heavy atom. The molecule has 0 bridgehead atoms. The van der Waals surface area contributed by atoms with E-state index < -0.39 is 4.92 Å². The van der Waals surface area contributed by atoms with E-state index in [1.54, 1.807) is 17.0 Å². The molecule has 1 aliphatic heterocycles. The normalized spacial score (nSPS) is 15.1. The zero-order valence-corrected chi connectivity index (χ0v) is 18.2. The van der Waals surface area contributed by atoms with Gasteiger partial charge in [-0.25, -0.2) is 0 Å². The lowest BCUT2D eigenvalue weighted by Crippen LogP contribution is -2.27. The molecule has 156 valence electrons. The summed E-state index contributed by atoms with van der Waals surface area (Å²) in [6, 6.07) is 18.0. The van der Waals surface area contributed by atoms with E-state index in [-0.39, 0.29) is 18.2 Å². The number of hydrogen-bond acceptors (Lipinski definition) is 6. The number of fused-ring (bicyclic) bond motifs is 1. The Balaban J connectivity index is 1.72. The second-order valence-corrected chi connectivity index (χ2v) is 8.52. The maximum absolute atomic E-state index is 12.7. The molecule has 3 aromatic carbocycles. The first-order valence-corrected chi connectivity index (χ1v) is 10.8. The van der Waals surface area contributed by atoms with Gasteiger partial charge < -0.3 is 4.74 Å². The lowest BCUT2D eigenvalue weighted by atomic mass is 10.0. The summed E-state index contributed by atoms with van der Waals surface area (Å²) in [6.07, 6.45) is 1.82.